The largest absolute Gasteiger partial charge is 0.507 e. The van der Waals surface area contributed by atoms with Gasteiger partial charge in [0.2, 0.25) is 0 Å². The predicted molar refractivity (Wildman–Crippen MR) is 140 cm³/mol. The van der Waals surface area contributed by atoms with Crippen molar-refractivity contribution in [3.63, 3.8) is 0 Å². The molecule has 0 fully saturated rings. The molecule has 2 heterocycles. The second kappa shape index (κ2) is 9.67. The first kappa shape index (κ1) is 23.3. The number of hydrogen-bond acceptors (Lipinski definition) is 6. The number of nitrogens with one attached hydrogen (secondary N) is 1. The van der Waals surface area contributed by atoms with Gasteiger partial charge in [0.15, 0.2) is 4.80 Å². The molecule has 1 aliphatic heterocycles. The summed E-state index contributed by atoms with van der Waals surface area (Å²) < 4.78 is 7.36. The topological polar surface area (TPSA) is 92.9 Å². The van der Waals surface area contributed by atoms with Crippen molar-refractivity contribution in [3.05, 3.63) is 121 Å². The molecule has 0 unspecified atom stereocenters. The van der Waals surface area contributed by atoms with Gasteiger partial charge in [-0.3, -0.25) is 14.2 Å². The minimum atomic E-state index is -0.716. The summed E-state index contributed by atoms with van der Waals surface area (Å²) in [5.41, 5.74) is 2.48. The van der Waals surface area contributed by atoms with Crippen molar-refractivity contribution < 1.29 is 14.6 Å². The molecule has 1 amide bonds. The van der Waals surface area contributed by atoms with Crippen molar-refractivity contribution in [2.24, 2.45) is 4.99 Å². The van der Waals surface area contributed by atoms with Crippen LogP contribution in [-0.4, -0.2) is 22.7 Å². The van der Waals surface area contributed by atoms with Gasteiger partial charge in [0.1, 0.15) is 11.5 Å². The molecule has 0 saturated heterocycles. The number of benzene rings is 3. The Bertz CT molecular complexity index is 1670. The quantitative estimate of drug-likeness (QED) is 0.441. The number of carbonyl (C=O) groups excluding carboxylic acids is 1. The van der Waals surface area contributed by atoms with Crippen LogP contribution in [-0.2, 0) is 4.79 Å². The Hall–Kier alpha value is -4.43. The maximum absolute atomic E-state index is 13.7. The number of rotatable bonds is 5. The molecule has 0 spiro atoms. The van der Waals surface area contributed by atoms with Crippen LogP contribution in [0.1, 0.15) is 24.1 Å². The molecule has 3 aromatic carbocycles. The van der Waals surface area contributed by atoms with Gasteiger partial charge in [-0.15, -0.1) is 0 Å². The van der Waals surface area contributed by atoms with Crippen LogP contribution in [0.5, 0.6) is 11.5 Å². The summed E-state index contributed by atoms with van der Waals surface area (Å²) >= 11 is 1.22. The standard InChI is InChI=1S/C28H23N3O4S/c1-17-24(26(33)30-20-11-4-3-5-12-20)25(19-10-8-13-21(15-19)35-2)31-27(34)23(36-28(31)29-17)16-18-9-6-7-14-22(18)32/h3-16,25,32H,1-2H3,(H,30,33)/b23-16+/t25-/m0/s1. The summed E-state index contributed by atoms with van der Waals surface area (Å²) in [7, 11) is 1.57. The Labute approximate surface area is 211 Å². The highest BCUT2D eigenvalue weighted by molar-refractivity contribution is 7.07. The lowest BCUT2D eigenvalue weighted by molar-refractivity contribution is -0.113. The fourth-order valence-electron chi connectivity index (χ4n) is 4.21. The second-order valence-corrected chi connectivity index (χ2v) is 9.25. The lowest BCUT2D eigenvalue weighted by atomic mass is 9.95. The van der Waals surface area contributed by atoms with Crippen LogP contribution >= 0.6 is 11.3 Å². The Morgan fingerprint density at radius 2 is 1.83 bits per heavy atom. The molecule has 1 atom stereocenters. The van der Waals surface area contributed by atoms with E-state index in [2.05, 4.69) is 10.3 Å². The van der Waals surface area contributed by atoms with Gasteiger partial charge < -0.3 is 15.2 Å². The van der Waals surface area contributed by atoms with E-state index in [0.29, 0.717) is 37.6 Å². The van der Waals surface area contributed by atoms with Gasteiger partial charge in [-0.1, -0.05) is 59.9 Å². The molecule has 1 aromatic heterocycles. The van der Waals surface area contributed by atoms with E-state index in [-0.39, 0.29) is 17.2 Å². The van der Waals surface area contributed by atoms with Crippen LogP contribution in [0.25, 0.3) is 6.08 Å². The average Bonchev–Trinajstić information content (AvgIpc) is 3.19. The number of methoxy groups -OCH3 is 1. The lowest BCUT2D eigenvalue weighted by Crippen LogP contribution is -2.40. The van der Waals surface area contributed by atoms with Gasteiger partial charge in [0.05, 0.1) is 29.0 Å². The molecule has 1 aliphatic rings. The first-order valence-corrected chi connectivity index (χ1v) is 12.1. The number of thiazole rings is 1. The second-order valence-electron chi connectivity index (χ2n) is 8.24. The van der Waals surface area contributed by atoms with Crippen LogP contribution in [0.3, 0.4) is 0 Å². The van der Waals surface area contributed by atoms with Gasteiger partial charge in [-0.2, -0.15) is 0 Å². The number of phenolic OH excluding ortho intramolecular Hbond substituents is 1. The Kier molecular flexibility index (Phi) is 6.26. The molecule has 4 aromatic rings. The molecule has 0 radical (unpaired) electrons. The van der Waals surface area contributed by atoms with Crippen LogP contribution in [0.15, 0.2) is 99.9 Å². The lowest BCUT2D eigenvalue weighted by Gasteiger charge is -2.25. The summed E-state index contributed by atoms with van der Waals surface area (Å²) in [6.07, 6.45) is 1.64. The maximum atomic E-state index is 13.7. The fraction of sp³-hybridized carbons (Fsp3) is 0.107. The number of aromatic nitrogens is 1. The fourth-order valence-corrected chi connectivity index (χ4v) is 5.25. The zero-order valence-corrected chi connectivity index (χ0v) is 20.5. The van der Waals surface area contributed by atoms with E-state index in [0.717, 1.165) is 5.56 Å². The highest BCUT2D eigenvalue weighted by atomic mass is 32.1. The normalized spacial score (nSPS) is 15.3. The molecular weight excluding hydrogens is 474 g/mol. The number of amides is 1. The smallest absolute Gasteiger partial charge is 0.271 e. The first-order chi connectivity index (χ1) is 17.5. The number of hydrogen-bond donors (Lipinski definition) is 2. The van der Waals surface area contributed by atoms with Gasteiger partial charge >= 0.3 is 0 Å². The van der Waals surface area contributed by atoms with Gasteiger partial charge in [0.25, 0.3) is 11.5 Å². The molecule has 0 saturated carbocycles. The summed E-state index contributed by atoms with van der Waals surface area (Å²) in [5, 5.41) is 13.2. The monoisotopic (exact) mass is 497 g/mol. The van der Waals surface area contributed by atoms with Crippen molar-refractivity contribution in [2.75, 3.05) is 12.4 Å². The number of nitrogens with zero attached hydrogens (tertiary/aromatic N) is 2. The minimum absolute atomic E-state index is 0.0757. The van der Waals surface area contributed by atoms with Crippen molar-refractivity contribution in [1.82, 2.24) is 4.57 Å². The van der Waals surface area contributed by atoms with Gasteiger partial charge in [0, 0.05) is 11.3 Å². The number of para-hydroxylation sites is 2. The van der Waals surface area contributed by atoms with E-state index in [1.165, 1.54) is 15.9 Å². The van der Waals surface area contributed by atoms with Crippen molar-refractivity contribution in [3.8, 4) is 11.5 Å². The van der Waals surface area contributed by atoms with Crippen molar-refractivity contribution >= 4 is 29.0 Å². The van der Waals surface area contributed by atoms with E-state index in [1.54, 1.807) is 56.5 Å². The maximum Gasteiger partial charge on any atom is 0.271 e. The van der Waals surface area contributed by atoms with Crippen molar-refractivity contribution in [1.29, 1.82) is 0 Å². The zero-order valence-electron chi connectivity index (χ0n) is 19.6. The molecule has 7 nitrogen and oxygen atoms in total. The van der Waals surface area contributed by atoms with Gasteiger partial charge in [-0.05, 0) is 48.9 Å². The molecule has 8 heteroatoms. The molecule has 180 valence electrons. The van der Waals surface area contributed by atoms with Crippen LogP contribution in [0.2, 0.25) is 0 Å². The van der Waals surface area contributed by atoms with Crippen molar-refractivity contribution in [2.45, 2.75) is 13.0 Å². The summed E-state index contributed by atoms with van der Waals surface area (Å²) in [6.45, 7) is 1.77. The molecular formula is C28H23N3O4S. The number of ether oxygens (including phenoxy) is 1. The number of carbonyl (C=O) groups is 1. The molecule has 2 N–H and O–H groups in total. The SMILES string of the molecule is COc1cccc([C@H]2C(C(=O)Nc3ccccc3)=C(C)N=c3s/c(=C/c4ccccc4O)c(=O)n32)c1. The van der Waals surface area contributed by atoms with Crippen LogP contribution in [0, 0.1) is 0 Å². The molecule has 36 heavy (non-hydrogen) atoms. The first-order valence-electron chi connectivity index (χ1n) is 11.3. The van der Waals surface area contributed by atoms with E-state index in [9.17, 15) is 14.7 Å². The Morgan fingerprint density at radius 1 is 1.08 bits per heavy atom. The number of fused-ring (bicyclic) bond motifs is 1. The molecule has 0 aliphatic carbocycles. The van der Waals surface area contributed by atoms with Crippen LogP contribution in [0.4, 0.5) is 5.69 Å². The third-order valence-electron chi connectivity index (χ3n) is 5.93. The number of phenols is 1. The van der Waals surface area contributed by atoms with E-state index >= 15 is 0 Å². The van der Waals surface area contributed by atoms with Gasteiger partial charge in [-0.25, -0.2) is 4.99 Å². The highest BCUT2D eigenvalue weighted by Crippen LogP contribution is 2.32. The van der Waals surface area contributed by atoms with E-state index < -0.39 is 6.04 Å². The third-order valence-corrected chi connectivity index (χ3v) is 6.91. The Morgan fingerprint density at radius 3 is 2.58 bits per heavy atom. The van der Waals surface area contributed by atoms with E-state index in [4.69, 9.17) is 4.74 Å². The number of allylic oxidation sites excluding steroid dienone is 1. The molecule has 5 rings (SSSR count). The minimum Gasteiger partial charge on any atom is -0.507 e. The Balaban J connectivity index is 1.70. The summed E-state index contributed by atoms with van der Waals surface area (Å²) in [5.74, 6) is 0.346. The van der Waals surface area contributed by atoms with Crippen LogP contribution < -0.4 is 24.9 Å². The van der Waals surface area contributed by atoms with E-state index in [1.807, 2.05) is 42.5 Å². The third kappa shape index (κ3) is 4.34. The number of aromatic hydroxyl groups is 1. The zero-order chi connectivity index (χ0) is 25.2. The number of anilines is 1. The predicted octanol–water partition coefficient (Wildman–Crippen LogP) is 3.59. The summed E-state index contributed by atoms with van der Waals surface area (Å²) in [6, 6.07) is 22.6. The average molecular weight is 498 g/mol. The summed E-state index contributed by atoms with van der Waals surface area (Å²) in [4.78, 5) is 32.4. The molecule has 0 bridgehead atoms. The highest BCUT2D eigenvalue weighted by Gasteiger charge is 2.32.